The molecular weight excluding hydrogens is 282 g/mol. The molecule has 2 N–H and O–H groups in total. The molecule has 3 rings (SSSR count). The lowest BCUT2D eigenvalue weighted by Gasteiger charge is -2.26. The second-order valence-electron chi connectivity index (χ2n) is 5.08. The monoisotopic (exact) mass is 299 g/mol. The van der Waals surface area contributed by atoms with Crippen LogP contribution in [0.1, 0.15) is 28.4 Å². The highest BCUT2D eigenvalue weighted by Gasteiger charge is 2.24. The van der Waals surface area contributed by atoms with Gasteiger partial charge in [0, 0.05) is 12.0 Å². The number of hydrogen-bond donors (Lipinski definition) is 2. The largest absolute Gasteiger partial charge is 0.507 e. The van der Waals surface area contributed by atoms with Gasteiger partial charge < -0.3 is 19.9 Å². The van der Waals surface area contributed by atoms with Gasteiger partial charge in [0.2, 0.25) is 0 Å². The van der Waals surface area contributed by atoms with Crippen molar-refractivity contribution in [2.75, 3.05) is 13.7 Å². The first-order chi connectivity index (χ1) is 10.7. The van der Waals surface area contributed by atoms with Gasteiger partial charge in [0.05, 0.1) is 25.3 Å². The van der Waals surface area contributed by atoms with Gasteiger partial charge in [-0.3, -0.25) is 4.79 Å². The minimum Gasteiger partial charge on any atom is -0.507 e. The Kier molecular flexibility index (Phi) is 3.87. The van der Waals surface area contributed by atoms with Gasteiger partial charge in [-0.25, -0.2) is 0 Å². The molecular formula is C17H17NO4. The van der Waals surface area contributed by atoms with Crippen molar-refractivity contribution in [1.82, 2.24) is 5.32 Å². The van der Waals surface area contributed by atoms with Crippen molar-refractivity contribution in [2.45, 2.75) is 12.5 Å². The lowest BCUT2D eigenvalue weighted by molar-refractivity contribution is 0.0921. The Morgan fingerprint density at radius 3 is 2.95 bits per heavy atom. The predicted molar refractivity (Wildman–Crippen MR) is 81.4 cm³/mol. The summed E-state index contributed by atoms with van der Waals surface area (Å²) >= 11 is 0. The number of amides is 1. The summed E-state index contributed by atoms with van der Waals surface area (Å²) in [5.74, 6) is 0.904. The minimum atomic E-state index is -0.335. The molecule has 22 heavy (non-hydrogen) atoms. The van der Waals surface area contributed by atoms with Crippen LogP contribution < -0.4 is 14.8 Å². The molecule has 2 aromatic carbocycles. The second kappa shape index (κ2) is 5.97. The summed E-state index contributed by atoms with van der Waals surface area (Å²) < 4.78 is 10.7. The van der Waals surface area contributed by atoms with Crippen LogP contribution in [0, 0.1) is 0 Å². The van der Waals surface area contributed by atoms with Gasteiger partial charge >= 0.3 is 0 Å². The number of carbonyl (C=O) groups excluding carboxylic acids is 1. The molecule has 1 heterocycles. The summed E-state index contributed by atoms with van der Waals surface area (Å²) in [5, 5.41) is 12.8. The van der Waals surface area contributed by atoms with E-state index in [1.54, 1.807) is 6.07 Å². The van der Waals surface area contributed by atoms with Gasteiger partial charge in [0.1, 0.15) is 17.2 Å². The van der Waals surface area contributed by atoms with E-state index in [1.165, 1.54) is 19.2 Å². The smallest absolute Gasteiger partial charge is 0.255 e. The van der Waals surface area contributed by atoms with E-state index in [1.807, 2.05) is 24.3 Å². The quantitative estimate of drug-likeness (QED) is 0.914. The zero-order chi connectivity index (χ0) is 15.5. The topological polar surface area (TPSA) is 67.8 Å². The SMILES string of the molecule is COc1ccc(O)c(C(=O)N[C@H]2CCOc3ccccc32)c1. The summed E-state index contributed by atoms with van der Waals surface area (Å²) in [6.45, 7) is 0.548. The molecule has 0 fully saturated rings. The van der Waals surface area contributed by atoms with Gasteiger partial charge in [-0.15, -0.1) is 0 Å². The highest BCUT2D eigenvalue weighted by Crippen LogP contribution is 2.32. The Bertz CT molecular complexity index is 699. The third-order valence-corrected chi connectivity index (χ3v) is 3.71. The van der Waals surface area contributed by atoms with Crippen LogP contribution in [-0.2, 0) is 0 Å². The number of phenols is 1. The molecule has 0 aromatic heterocycles. The average Bonchev–Trinajstić information content (AvgIpc) is 2.55. The van der Waals surface area contributed by atoms with Crippen molar-refractivity contribution in [3.8, 4) is 17.2 Å². The summed E-state index contributed by atoms with van der Waals surface area (Å²) in [6.07, 6.45) is 0.688. The van der Waals surface area contributed by atoms with E-state index in [9.17, 15) is 9.90 Å². The lowest BCUT2D eigenvalue weighted by atomic mass is 10.00. The molecule has 0 radical (unpaired) electrons. The molecule has 2 aromatic rings. The molecule has 0 bridgehead atoms. The summed E-state index contributed by atoms with van der Waals surface area (Å²) in [7, 11) is 1.52. The van der Waals surface area contributed by atoms with Gasteiger partial charge in [0.15, 0.2) is 0 Å². The van der Waals surface area contributed by atoms with E-state index in [0.717, 1.165) is 11.3 Å². The van der Waals surface area contributed by atoms with Crippen molar-refractivity contribution in [3.63, 3.8) is 0 Å². The Morgan fingerprint density at radius 1 is 1.32 bits per heavy atom. The molecule has 0 unspecified atom stereocenters. The normalized spacial score (nSPS) is 16.3. The number of aromatic hydroxyl groups is 1. The fraction of sp³-hybridized carbons (Fsp3) is 0.235. The summed E-state index contributed by atoms with van der Waals surface area (Å²) in [5.41, 5.74) is 1.15. The first-order valence-electron chi connectivity index (χ1n) is 7.08. The van der Waals surface area contributed by atoms with E-state index >= 15 is 0 Å². The van der Waals surface area contributed by atoms with Crippen LogP contribution in [0.15, 0.2) is 42.5 Å². The molecule has 1 aliphatic rings. The van der Waals surface area contributed by atoms with Gasteiger partial charge in [-0.2, -0.15) is 0 Å². The van der Waals surface area contributed by atoms with Crippen molar-refractivity contribution in [3.05, 3.63) is 53.6 Å². The van der Waals surface area contributed by atoms with Crippen molar-refractivity contribution >= 4 is 5.91 Å². The Hall–Kier alpha value is -2.69. The highest BCUT2D eigenvalue weighted by atomic mass is 16.5. The van der Waals surface area contributed by atoms with E-state index in [0.29, 0.717) is 18.8 Å². The maximum absolute atomic E-state index is 12.4. The molecule has 114 valence electrons. The van der Waals surface area contributed by atoms with Crippen LogP contribution in [0.5, 0.6) is 17.2 Å². The van der Waals surface area contributed by atoms with Gasteiger partial charge in [-0.05, 0) is 24.3 Å². The number of methoxy groups -OCH3 is 1. The van der Waals surface area contributed by atoms with Crippen LogP contribution in [0.25, 0.3) is 0 Å². The van der Waals surface area contributed by atoms with Crippen LogP contribution >= 0.6 is 0 Å². The van der Waals surface area contributed by atoms with Crippen LogP contribution in [0.2, 0.25) is 0 Å². The Balaban J connectivity index is 1.84. The number of nitrogens with one attached hydrogen (secondary N) is 1. The van der Waals surface area contributed by atoms with Crippen LogP contribution in [0.3, 0.4) is 0 Å². The fourth-order valence-corrected chi connectivity index (χ4v) is 2.55. The molecule has 1 aliphatic heterocycles. The van der Waals surface area contributed by atoms with Crippen molar-refractivity contribution in [2.24, 2.45) is 0 Å². The number of fused-ring (bicyclic) bond motifs is 1. The first-order valence-corrected chi connectivity index (χ1v) is 7.08. The number of rotatable bonds is 3. The van der Waals surface area contributed by atoms with Crippen LogP contribution in [0.4, 0.5) is 0 Å². The zero-order valence-corrected chi connectivity index (χ0v) is 12.2. The number of phenolic OH excluding ortho intramolecular Hbond substituents is 1. The average molecular weight is 299 g/mol. The van der Waals surface area contributed by atoms with Crippen molar-refractivity contribution in [1.29, 1.82) is 0 Å². The molecule has 0 spiro atoms. The third-order valence-electron chi connectivity index (χ3n) is 3.71. The summed E-state index contributed by atoms with van der Waals surface area (Å²) in [4.78, 5) is 12.4. The fourth-order valence-electron chi connectivity index (χ4n) is 2.55. The number of carbonyl (C=O) groups is 1. The standard InChI is InChI=1S/C17H17NO4/c1-21-11-6-7-15(19)13(10-11)17(20)18-14-8-9-22-16-5-3-2-4-12(14)16/h2-7,10,14,19H,8-9H2,1H3,(H,18,20)/t14-/m0/s1. The Morgan fingerprint density at radius 2 is 2.14 bits per heavy atom. The van der Waals surface area contributed by atoms with E-state index in [2.05, 4.69) is 5.32 Å². The number of ether oxygens (including phenoxy) is 2. The minimum absolute atomic E-state index is 0.0707. The predicted octanol–water partition coefficient (Wildman–Crippen LogP) is 2.65. The zero-order valence-electron chi connectivity index (χ0n) is 12.2. The number of para-hydroxylation sites is 1. The second-order valence-corrected chi connectivity index (χ2v) is 5.08. The van der Waals surface area contributed by atoms with Gasteiger partial charge in [0.25, 0.3) is 5.91 Å². The molecule has 0 saturated carbocycles. The first kappa shape index (κ1) is 14.3. The molecule has 0 aliphatic carbocycles. The van der Waals surface area contributed by atoms with E-state index < -0.39 is 0 Å². The number of benzene rings is 2. The van der Waals surface area contributed by atoms with E-state index in [4.69, 9.17) is 9.47 Å². The maximum atomic E-state index is 12.4. The number of hydrogen-bond acceptors (Lipinski definition) is 4. The lowest BCUT2D eigenvalue weighted by Crippen LogP contribution is -2.32. The molecule has 1 atom stereocenters. The van der Waals surface area contributed by atoms with Crippen molar-refractivity contribution < 1.29 is 19.4 Å². The van der Waals surface area contributed by atoms with Gasteiger partial charge in [-0.1, -0.05) is 18.2 Å². The Labute approximate surface area is 128 Å². The maximum Gasteiger partial charge on any atom is 0.255 e. The van der Waals surface area contributed by atoms with Crippen LogP contribution in [-0.4, -0.2) is 24.7 Å². The molecule has 0 saturated heterocycles. The summed E-state index contributed by atoms with van der Waals surface area (Å²) in [6, 6.07) is 12.1. The molecule has 1 amide bonds. The highest BCUT2D eigenvalue weighted by molar-refractivity contribution is 5.97. The molecule has 5 nitrogen and oxygen atoms in total. The van der Waals surface area contributed by atoms with E-state index in [-0.39, 0.29) is 23.3 Å². The molecule has 5 heteroatoms. The third kappa shape index (κ3) is 2.70.